The first-order chi connectivity index (χ1) is 11.6. The summed E-state index contributed by atoms with van der Waals surface area (Å²) in [5, 5.41) is 11.6. The highest BCUT2D eigenvalue weighted by molar-refractivity contribution is 7.90. The fourth-order valence-electron chi connectivity index (χ4n) is 2.57. The van der Waals surface area contributed by atoms with Crippen molar-refractivity contribution in [2.75, 3.05) is 18.6 Å². The van der Waals surface area contributed by atoms with Crippen LogP contribution in [-0.2, 0) is 19.4 Å². The Labute approximate surface area is 145 Å². The number of hydrogen-bond acceptors (Lipinski definition) is 5. The van der Waals surface area contributed by atoms with Crippen LogP contribution >= 0.6 is 0 Å². The van der Waals surface area contributed by atoms with E-state index in [0.29, 0.717) is 12.8 Å². The van der Waals surface area contributed by atoms with Gasteiger partial charge in [0.05, 0.1) is 12.3 Å². The molecule has 2 N–H and O–H groups in total. The average molecular weight is 373 g/mol. The minimum Gasteiger partial charge on any atom is -0.478 e. The van der Waals surface area contributed by atoms with Crippen molar-refractivity contribution in [1.82, 2.24) is 5.32 Å². The molecule has 1 aromatic carbocycles. The van der Waals surface area contributed by atoms with Crippen LogP contribution in [0.25, 0.3) is 0 Å². The number of halogens is 1. The monoisotopic (exact) mass is 373 g/mol. The van der Waals surface area contributed by atoms with Crippen molar-refractivity contribution in [2.24, 2.45) is 5.41 Å². The van der Waals surface area contributed by atoms with E-state index in [1.807, 2.05) is 0 Å². The molecule has 0 aliphatic heterocycles. The maximum Gasteiger partial charge on any atom is 0.346 e. The van der Waals surface area contributed by atoms with Crippen molar-refractivity contribution in [2.45, 2.75) is 25.4 Å². The molecule has 1 aliphatic carbocycles. The summed E-state index contributed by atoms with van der Waals surface area (Å²) in [6.07, 6.45) is 1.13. The van der Waals surface area contributed by atoms with Crippen LogP contribution in [-0.4, -0.2) is 50.1 Å². The Morgan fingerprint density at radius 2 is 1.92 bits per heavy atom. The molecule has 25 heavy (non-hydrogen) atoms. The lowest BCUT2D eigenvalue weighted by molar-refractivity contribution is -0.145. The van der Waals surface area contributed by atoms with Crippen molar-refractivity contribution in [3.63, 3.8) is 0 Å². The smallest absolute Gasteiger partial charge is 0.346 e. The van der Waals surface area contributed by atoms with Crippen LogP contribution in [0.1, 0.15) is 19.3 Å². The van der Waals surface area contributed by atoms with Gasteiger partial charge in [0.15, 0.2) is 0 Å². The van der Waals surface area contributed by atoms with Gasteiger partial charge >= 0.3 is 5.97 Å². The molecule has 1 aliphatic rings. The zero-order valence-electron chi connectivity index (χ0n) is 13.7. The van der Waals surface area contributed by atoms with Crippen LogP contribution in [0.3, 0.4) is 0 Å². The van der Waals surface area contributed by atoms with Gasteiger partial charge < -0.3 is 15.2 Å². The Morgan fingerprint density at radius 1 is 1.32 bits per heavy atom. The number of aliphatic carboxylic acids is 1. The third-order valence-electron chi connectivity index (χ3n) is 3.91. The number of carboxylic acids is 1. The number of rotatable bonds is 9. The van der Waals surface area contributed by atoms with Gasteiger partial charge in [-0.2, -0.15) is 0 Å². The third-order valence-corrected chi connectivity index (χ3v) is 5.05. The van der Waals surface area contributed by atoms with E-state index in [-0.39, 0.29) is 24.5 Å². The molecule has 2 rings (SSSR count). The van der Waals surface area contributed by atoms with Crippen LogP contribution < -0.4 is 10.1 Å². The van der Waals surface area contributed by atoms with E-state index in [0.717, 1.165) is 18.4 Å². The molecular weight excluding hydrogens is 353 g/mol. The minimum atomic E-state index is -3.18. The summed E-state index contributed by atoms with van der Waals surface area (Å²) in [6.45, 7) is -0.277. The molecular formula is C16H20FNO6S. The summed E-state index contributed by atoms with van der Waals surface area (Å²) in [5.41, 5.74) is -0.534. The number of ether oxygens (including phenoxy) is 1. The van der Waals surface area contributed by atoms with E-state index >= 15 is 0 Å². The van der Waals surface area contributed by atoms with E-state index in [2.05, 4.69) is 5.32 Å². The number of nitrogens with one attached hydrogen (secondary N) is 1. The van der Waals surface area contributed by atoms with Crippen molar-refractivity contribution >= 4 is 21.7 Å². The fourth-order valence-corrected chi connectivity index (χ4v) is 4.07. The zero-order valence-corrected chi connectivity index (χ0v) is 14.5. The highest BCUT2D eigenvalue weighted by Gasteiger charge is 2.46. The molecule has 1 atom stereocenters. The topological polar surface area (TPSA) is 110 Å². The quantitative estimate of drug-likeness (QED) is 0.668. The first-order valence-electron chi connectivity index (χ1n) is 7.68. The molecule has 7 nitrogen and oxygen atoms in total. The second-order valence-corrected chi connectivity index (χ2v) is 8.59. The summed E-state index contributed by atoms with van der Waals surface area (Å²) < 4.78 is 40.9. The molecule has 1 saturated carbocycles. The van der Waals surface area contributed by atoms with Crippen LogP contribution in [0.15, 0.2) is 24.3 Å². The molecule has 0 spiro atoms. The van der Waals surface area contributed by atoms with Crippen LogP contribution in [0.5, 0.6) is 5.75 Å². The molecule has 0 heterocycles. The maximum atomic E-state index is 12.8. The van der Waals surface area contributed by atoms with E-state index in [4.69, 9.17) is 4.74 Å². The lowest BCUT2D eigenvalue weighted by Gasteiger charge is -2.17. The van der Waals surface area contributed by atoms with Crippen LogP contribution in [0, 0.1) is 11.2 Å². The van der Waals surface area contributed by atoms with Crippen LogP contribution in [0.2, 0.25) is 0 Å². The summed E-state index contributed by atoms with van der Waals surface area (Å²) in [5.74, 6) is -2.06. The number of carbonyl (C=O) groups excluding carboxylic acids is 1. The number of sulfone groups is 1. The Bertz CT molecular complexity index is 742. The first-order valence-corrected chi connectivity index (χ1v) is 9.74. The van der Waals surface area contributed by atoms with Gasteiger partial charge in [0.25, 0.3) is 0 Å². The van der Waals surface area contributed by atoms with E-state index in [1.165, 1.54) is 12.1 Å². The van der Waals surface area contributed by atoms with Gasteiger partial charge in [0.2, 0.25) is 12.0 Å². The van der Waals surface area contributed by atoms with Crippen LogP contribution in [0.4, 0.5) is 4.39 Å². The number of amides is 1. The molecule has 1 amide bonds. The molecule has 1 fully saturated rings. The zero-order chi connectivity index (χ0) is 18.7. The Balaban J connectivity index is 1.87. The number of carboxylic acid groups (broad SMARTS) is 1. The minimum absolute atomic E-state index is 0.0307. The molecule has 1 aromatic rings. The fraction of sp³-hybridized carbons (Fsp3) is 0.500. The van der Waals surface area contributed by atoms with Gasteiger partial charge in [-0.1, -0.05) is 0 Å². The van der Waals surface area contributed by atoms with Gasteiger partial charge in [0.1, 0.15) is 21.4 Å². The SMILES string of the molecule is CS(=O)(=O)CC1(CC(=O)NCC(Oc2ccc(F)cc2)C(=O)O)CC1. The summed E-state index contributed by atoms with van der Waals surface area (Å²) in [6, 6.07) is 4.85. The Hall–Kier alpha value is -2.16. The molecule has 1 unspecified atom stereocenters. The largest absolute Gasteiger partial charge is 0.478 e. The lowest BCUT2D eigenvalue weighted by atomic mass is 10.1. The lowest BCUT2D eigenvalue weighted by Crippen LogP contribution is -2.41. The molecule has 9 heteroatoms. The maximum absolute atomic E-state index is 12.8. The van der Waals surface area contributed by atoms with Crippen molar-refractivity contribution in [3.8, 4) is 5.75 Å². The number of carbonyl (C=O) groups is 2. The number of hydrogen-bond donors (Lipinski definition) is 2. The average Bonchev–Trinajstić information content (AvgIpc) is 3.21. The van der Waals surface area contributed by atoms with Gasteiger partial charge in [-0.3, -0.25) is 4.79 Å². The predicted octanol–water partition coefficient (Wildman–Crippen LogP) is 0.989. The van der Waals surface area contributed by atoms with E-state index in [9.17, 15) is 27.5 Å². The predicted molar refractivity (Wildman–Crippen MR) is 87.5 cm³/mol. The number of benzene rings is 1. The first kappa shape index (κ1) is 19.2. The normalized spacial score (nSPS) is 16.7. The summed E-state index contributed by atoms with van der Waals surface area (Å²) in [4.78, 5) is 23.2. The Morgan fingerprint density at radius 3 is 2.40 bits per heavy atom. The second kappa shape index (κ2) is 7.38. The third kappa shape index (κ3) is 6.33. The second-order valence-electron chi connectivity index (χ2n) is 6.45. The summed E-state index contributed by atoms with van der Waals surface area (Å²) in [7, 11) is -3.18. The van der Waals surface area contributed by atoms with Gasteiger partial charge in [-0.15, -0.1) is 0 Å². The van der Waals surface area contributed by atoms with Crippen molar-refractivity contribution < 1.29 is 32.2 Å². The molecule has 0 bridgehead atoms. The molecule has 138 valence electrons. The standard InChI is InChI=1S/C16H20FNO6S/c1-25(22,23)10-16(6-7-16)8-14(19)18-9-13(15(20)21)24-12-4-2-11(17)3-5-12/h2-5,13H,6-10H2,1H3,(H,18,19)(H,20,21). The summed E-state index contributed by atoms with van der Waals surface area (Å²) >= 11 is 0. The highest BCUT2D eigenvalue weighted by Crippen LogP contribution is 2.49. The highest BCUT2D eigenvalue weighted by atomic mass is 32.2. The Kier molecular flexibility index (Phi) is 5.66. The molecule has 0 saturated heterocycles. The molecule has 0 aromatic heterocycles. The van der Waals surface area contributed by atoms with Gasteiger partial charge in [0, 0.05) is 12.7 Å². The van der Waals surface area contributed by atoms with Crippen molar-refractivity contribution in [1.29, 1.82) is 0 Å². The van der Waals surface area contributed by atoms with Gasteiger partial charge in [-0.25, -0.2) is 17.6 Å². The molecule has 0 radical (unpaired) electrons. The van der Waals surface area contributed by atoms with E-state index < -0.39 is 39.0 Å². The van der Waals surface area contributed by atoms with Crippen molar-refractivity contribution in [3.05, 3.63) is 30.1 Å². The van der Waals surface area contributed by atoms with E-state index in [1.54, 1.807) is 0 Å². The van der Waals surface area contributed by atoms with Gasteiger partial charge in [-0.05, 0) is 42.5 Å².